The quantitative estimate of drug-likeness (QED) is 0.485. The van der Waals surface area contributed by atoms with Gasteiger partial charge in [-0.25, -0.2) is 0 Å². The van der Waals surface area contributed by atoms with E-state index in [1.165, 1.54) is 0 Å². The average Bonchev–Trinajstić information content (AvgIpc) is 3.49. The maximum Gasteiger partial charge on any atom is 0.253 e. The van der Waals surface area contributed by atoms with E-state index in [0.29, 0.717) is 6.54 Å². The van der Waals surface area contributed by atoms with Gasteiger partial charge in [-0.2, -0.15) is 5.10 Å². The zero-order valence-corrected chi connectivity index (χ0v) is 19.0. The third kappa shape index (κ3) is 4.52. The fraction of sp³-hybridized carbons (Fsp3) is 0.296. The number of carbonyl (C=O) groups excluding carboxylic acids is 1. The van der Waals surface area contributed by atoms with E-state index in [1.807, 2.05) is 47.9 Å². The second-order valence-electron chi connectivity index (χ2n) is 9.44. The standard InChI is InChI=1S/C27H28N4O2/c1-27(2,33)18-31-17-23(15-29-31)19-5-7-20(8-6-19)25-16-28-14-22-10-9-21(13-24(22)25)26(32)30-11-3-4-12-30/h5-10,13-17,33H,3-4,11-12,18H2,1-2H3. The van der Waals surface area contributed by atoms with Gasteiger partial charge in [-0.15, -0.1) is 0 Å². The molecule has 1 aliphatic heterocycles. The summed E-state index contributed by atoms with van der Waals surface area (Å²) in [5.74, 6) is 0.107. The lowest BCUT2D eigenvalue weighted by molar-refractivity contribution is 0.0577. The van der Waals surface area contributed by atoms with Gasteiger partial charge >= 0.3 is 0 Å². The number of hydrogen-bond donors (Lipinski definition) is 1. The van der Waals surface area contributed by atoms with Gasteiger partial charge in [-0.05, 0) is 55.3 Å². The van der Waals surface area contributed by atoms with Crippen molar-refractivity contribution < 1.29 is 9.90 Å². The van der Waals surface area contributed by atoms with E-state index in [9.17, 15) is 9.90 Å². The van der Waals surface area contributed by atoms with Crippen molar-refractivity contribution >= 4 is 16.7 Å². The number of amides is 1. The molecule has 1 fully saturated rings. The molecule has 1 amide bonds. The summed E-state index contributed by atoms with van der Waals surface area (Å²) in [7, 11) is 0. The highest BCUT2D eigenvalue weighted by molar-refractivity contribution is 6.03. The minimum Gasteiger partial charge on any atom is -0.389 e. The van der Waals surface area contributed by atoms with Crippen molar-refractivity contribution in [1.29, 1.82) is 0 Å². The van der Waals surface area contributed by atoms with Crippen LogP contribution in [0.5, 0.6) is 0 Å². The largest absolute Gasteiger partial charge is 0.389 e. The van der Waals surface area contributed by atoms with Gasteiger partial charge in [0.05, 0.1) is 18.3 Å². The molecule has 2 aromatic heterocycles. The highest BCUT2D eigenvalue weighted by Gasteiger charge is 2.20. The van der Waals surface area contributed by atoms with E-state index in [1.54, 1.807) is 18.5 Å². The third-order valence-corrected chi connectivity index (χ3v) is 6.11. The van der Waals surface area contributed by atoms with Crippen LogP contribution in [0.25, 0.3) is 33.0 Å². The van der Waals surface area contributed by atoms with E-state index >= 15 is 0 Å². The molecule has 0 spiro atoms. The molecule has 33 heavy (non-hydrogen) atoms. The molecule has 0 unspecified atom stereocenters. The van der Waals surface area contributed by atoms with Crippen molar-refractivity contribution in [1.82, 2.24) is 19.7 Å². The SMILES string of the molecule is CC(C)(O)Cn1cc(-c2ccc(-c3cncc4ccc(C(=O)N5CCCC5)cc34)cc2)cn1. The van der Waals surface area contributed by atoms with Crippen LogP contribution in [0.1, 0.15) is 37.0 Å². The molecular formula is C27H28N4O2. The van der Waals surface area contributed by atoms with E-state index in [2.05, 4.69) is 34.3 Å². The number of hydrogen-bond acceptors (Lipinski definition) is 4. The van der Waals surface area contributed by atoms with Crippen LogP contribution < -0.4 is 0 Å². The first kappa shape index (κ1) is 21.3. The summed E-state index contributed by atoms with van der Waals surface area (Å²) >= 11 is 0. The predicted molar refractivity (Wildman–Crippen MR) is 130 cm³/mol. The molecule has 1 saturated heterocycles. The van der Waals surface area contributed by atoms with E-state index in [0.717, 1.165) is 64.5 Å². The molecule has 2 aromatic carbocycles. The first-order chi connectivity index (χ1) is 15.9. The van der Waals surface area contributed by atoms with Crippen LogP contribution >= 0.6 is 0 Å². The van der Waals surface area contributed by atoms with Crippen molar-refractivity contribution in [3.63, 3.8) is 0 Å². The van der Waals surface area contributed by atoms with Gasteiger partial charge in [-0.1, -0.05) is 30.3 Å². The Labute approximate surface area is 193 Å². The molecule has 168 valence electrons. The zero-order chi connectivity index (χ0) is 23.0. The number of benzene rings is 2. The van der Waals surface area contributed by atoms with Gasteiger partial charge in [0.15, 0.2) is 0 Å². The molecule has 1 N–H and O–H groups in total. The molecule has 0 bridgehead atoms. The molecule has 6 heteroatoms. The second-order valence-corrected chi connectivity index (χ2v) is 9.44. The number of aliphatic hydroxyl groups is 1. The van der Waals surface area contributed by atoms with Crippen LogP contribution in [0.2, 0.25) is 0 Å². The average molecular weight is 441 g/mol. The van der Waals surface area contributed by atoms with Gasteiger partial charge in [0, 0.05) is 53.8 Å². The summed E-state index contributed by atoms with van der Waals surface area (Å²) < 4.78 is 1.76. The molecule has 0 atom stereocenters. The molecular weight excluding hydrogens is 412 g/mol. The van der Waals surface area contributed by atoms with E-state index < -0.39 is 5.60 Å². The Hall–Kier alpha value is -3.51. The molecule has 0 saturated carbocycles. The Morgan fingerprint density at radius 1 is 0.970 bits per heavy atom. The number of likely N-dealkylation sites (tertiary alicyclic amines) is 1. The summed E-state index contributed by atoms with van der Waals surface area (Å²) in [4.78, 5) is 19.3. The predicted octanol–water partition coefficient (Wildman–Crippen LogP) is 4.77. The molecule has 0 radical (unpaired) electrons. The Balaban J connectivity index is 1.45. The summed E-state index contributed by atoms with van der Waals surface area (Å²) in [5, 5.41) is 16.4. The summed E-state index contributed by atoms with van der Waals surface area (Å²) in [5.41, 5.74) is 4.02. The lowest BCUT2D eigenvalue weighted by Gasteiger charge is -2.16. The van der Waals surface area contributed by atoms with Crippen LogP contribution in [0.4, 0.5) is 0 Å². The number of carbonyl (C=O) groups is 1. The highest BCUT2D eigenvalue weighted by Crippen LogP contribution is 2.31. The fourth-order valence-electron chi connectivity index (χ4n) is 4.47. The third-order valence-electron chi connectivity index (χ3n) is 6.11. The Bertz CT molecular complexity index is 1300. The van der Waals surface area contributed by atoms with E-state index in [-0.39, 0.29) is 5.91 Å². The summed E-state index contributed by atoms with van der Waals surface area (Å²) in [6, 6.07) is 14.2. The monoisotopic (exact) mass is 440 g/mol. The highest BCUT2D eigenvalue weighted by atomic mass is 16.3. The van der Waals surface area contributed by atoms with Crippen molar-refractivity contribution in [3.8, 4) is 22.3 Å². The Morgan fingerprint density at radius 3 is 2.42 bits per heavy atom. The molecule has 1 aliphatic rings. The van der Waals surface area contributed by atoms with Crippen LogP contribution in [0.15, 0.2) is 67.3 Å². The first-order valence-electron chi connectivity index (χ1n) is 11.4. The van der Waals surface area contributed by atoms with Crippen molar-refractivity contribution in [3.05, 3.63) is 72.8 Å². The Kier molecular flexibility index (Phi) is 5.46. The number of aromatic nitrogens is 3. The maximum atomic E-state index is 12.9. The molecule has 6 nitrogen and oxygen atoms in total. The number of nitrogens with zero attached hydrogens (tertiary/aromatic N) is 4. The molecule has 3 heterocycles. The van der Waals surface area contributed by atoms with Crippen LogP contribution in [-0.4, -0.2) is 49.4 Å². The lowest BCUT2D eigenvalue weighted by Crippen LogP contribution is -2.27. The first-order valence-corrected chi connectivity index (χ1v) is 11.4. The smallest absolute Gasteiger partial charge is 0.253 e. The summed E-state index contributed by atoms with van der Waals surface area (Å²) in [6.07, 6.45) is 9.63. The van der Waals surface area contributed by atoms with Gasteiger partial charge in [0.2, 0.25) is 0 Å². The zero-order valence-electron chi connectivity index (χ0n) is 19.0. The second kappa shape index (κ2) is 8.45. The Morgan fingerprint density at radius 2 is 1.70 bits per heavy atom. The summed E-state index contributed by atoms with van der Waals surface area (Å²) in [6.45, 7) is 5.66. The molecule has 0 aliphatic carbocycles. The number of pyridine rings is 1. The number of fused-ring (bicyclic) bond motifs is 1. The minimum atomic E-state index is -0.816. The minimum absolute atomic E-state index is 0.107. The normalized spacial score (nSPS) is 14.2. The topological polar surface area (TPSA) is 71.2 Å². The molecule has 4 aromatic rings. The van der Waals surface area contributed by atoms with Crippen LogP contribution in [-0.2, 0) is 6.54 Å². The van der Waals surface area contributed by atoms with Crippen molar-refractivity contribution in [2.24, 2.45) is 0 Å². The number of rotatable bonds is 5. The van der Waals surface area contributed by atoms with Crippen molar-refractivity contribution in [2.75, 3.05) is 13.1 Å². The van der Waals surface area contributed by atoms with Crippen molar-refractivity contribution in [2.45, 2.75) is 38.8 Å². The lowest BCUT2D eigenvalue weighted by atomic mass is 9.97. The fourth-order valence-corrected chi connectivity index (χ4v) is 4.47. The van der Waals surface area contributed by atoms with Gasteiger partial charge in [0.25, 0.3) is 5.91 Å². The molecule has 5 rings (SSSR count). The van der Waals surface area contributed by atoms with Gasteiger partial charge in [0.1, 0.15) is 0 Å². The van der Waals surface area contributed by atoms with Crippen LogP contribution in [0.3, 0.4) is 0 Å². The van der Waals surface area contributed by atoms with Gasteiger partial charge < -0.3 is 10.0 Å². The van der Waals surface area contributed by atoms with E-state index in [4.69, 9.17) is 0 Å². The maximum absolute atomic E-state index is 12.9. The van der Waals surface area contributed by atoms with Crippen LogP contribution in [0, 0.1) is 0 Å². The van der Waals surface area contributed by atoms with Gasteiger partial charge in [-0.3, -0.25) is 14.5 Å².